The number of ether oxygens (including phenoxy) is 1. The number of nitrogens with one attached hydrogen (secondary N) is 1. The van der Waals surface area contributed by atoms with Gasteiger partial charge in [0.2, 0.25) is 5.56 Å². The average molecular weight is 347 g/mol. The van der Waals surface area contributed by atoms with Crippen LogP contribution in [-0.4, -0.2) is 34.5 Å². The van der Waals surface area contributed by atoms with Crippen molar-refractivity contribution in [3.63, 3.8) is 0 Å². The van der Waals surface area contributed by atoms with Crippen molar-refractivity contribution in [3.8, 4) is 0 Å². The first-order valence-electron chi connectivity index (χ1n) is 7.74. The second kappa shape index (κ2) is 6.42. The minimum atomic E-state index is -0.442. The third-order valence-electron chi connectivity index (χ3n) is 4.21. The molecule has 1 saturated heterocycles. The lowest BCUT2D eigenvalue weighted by molar-refractivity contribution is -0.0846. The number of benzene rings is 1. The highest BCUT2D eigenvalue weighted by atomic mass is 35.5. The van der Waals surface area contributed by atoms with E-state index >= 15 is 0 Å². The zero-order valence-electron chi connectivity index (χ0n) is 13.6. The summed E-state index contributed by atoms with van der Waals surface area (Å²) in [7, 11) is 0. The molecule has 1 aromatic heterocycles. The number of aromatic nitrogens is 1. The van der Waals surface area contributed by atoms with Gasteiger partial charge in [-0.05, 0) is 37.6 Å². The predicted octanol–water partition coefficient (Wildman–Crippen LogP) is 3.02. The van der Waals surface area contributed by atoms with Crippen molar-refractivity contribution in [1.82, 2.24) is 9.88 Å². The Hall–Kier alpha value is -2.11. The molecule has 6 heteroatoms. The molecule has 5 nitrogen and oxygen atoms in total. The van der Waals surface area contributed by atoms with Crippen molar-refractivity contribution in [2.24, 2.45) is 0 Å². The highest BCUT2D eigenvalue weighted by Crippen LogP contribution is 2.32. The van der Waals surface area contributed by atoms with Crippen LogP contribution in [0.3, 0.4) is 0 Å². The van der Waals surface area contributed by atoms with Crippen LogP contribution in [-0.2, 0) is 4.74 Å². The van der Waals surface area contributed by atoms with Gasteiger partial charge < -0.3 is 14.6 Å². The third-order valence-corrected chi connectivity index (χ3v) is 4.45. The van der Waals surface area contributed by atoms with E-state index in [1.807, 2.05) is 32.0 Å². The van der Waals surface area contributed by atoms with Gasteiger partial charge in [0.15, 0.2) is 0 Å². The SMILES string of the molecule is CC1(C)COC(c2cccc(Cl)c2)CN1C(=O)c1ccc(=O)[nH]c1. The highest BCUT2D eigenvalue weighted by molar-refractivity contribution is 6.30. The van der Waals surface area contributed by atoms with Gasteiger partial charge in [-0.3, -0.25) is 9.59 Å². The molecule has 0 radical (unpaired) electrons. The number of rotatable bonds is 2. The topological polar surface area (TPSA) is 62.4 Å². The summed E-state index contributed by atoms with van der Waals surface area (Å²) in [5.41, 5.74) is 0.721. The van der Waals surface area contributed by atoms with Gasteiger partial charge in [0.05, 0.1) is 24.3 Å². The molecule has 1 aliphatic heterocycles. The number of H-pyrrole nitrogens is 1. The normalized spacial score (nSPS) is 20.0. The minimum Gasteiger partial charge on any atom is -0.369 e. The molecule has 1 fully saturated rings. The Morgan fingerprint density at radius 1 is 1.33 bits per heavy atom. The van der Waals surface area contributed by atoms with Gasteiger partial charge in [-0.1, -0.05) is 23.7 Å². The fourth-order valence-corrected chi connectivity index (χ4v) is 3.01. The lowest BCUT2D eigenvalue weighted by Crippen LogP contribution is -2.56. The minimum absolute atomic E-state index is 0.133. The number of hydrogen-bond donors (Lipinski definition) is 1. The van der Waals surface area contributed by atoms with Gasteiger partial charge in [0.1, 0.15) is 6.10 Å². The Kier molecular flexibility index (Phi) is 4.47. The van der Waals surface area contributed by atoms with Gasteiger partial charge in [-0.25, -0.2) is 0 Å². The maximum Gasteiger partial charge on any atom is 0.255 e. The molecule has 0 bridgehead atoms. The second-order valence-corrected chi connectivity index (χ2v) is 6.96. The lowest BCUT2D eigenvalue weighted by Gasteiger charge is -2.45. The number of carbonyl (C=O) groups is 1. The molecule has 0 spiro atoms. The number of amides is 1. The molecule has 1 aliphatic rings. The summed E-state index contributed by atoms with van der Waals surface area (Å²) in [6.07, 6.45) is 1.22. The van der Waals surface area contributed by atoms with Crippen molar-refractivity contribution in [3.05, 3.63) is 69.1 Å². The van der Waals surface area contributed by atoms with Crippen LogP contribution in [0.5, 0.6) is 0 Å². The molecule has 2 heterocycles. The number of hydrogen-bond acceptors (Lipinski definition) is 3. The van der Waals surface area contributed by atoms with Crippen LogP contribution >= 0.6 is 11.6 Å². The van der Waals surface area contributed by atoms with Crippen molar-refractivity contribution in [2.45, 2.75) is 25.5 Å². The molecule has 2 aromatic rings. The Morgan fingerprint density at radius 2 is 2.12 bits per heavy atom. The van der Waals surface area contributed by atoms with Crippen LogP contribution in [0.15, 0.2) is 47.4 Å². The zero-order valence-corrected chi connectivity index (χ0v) is 14.3. The zero-order chi connectivity index (χ0) is 17.3. The van der Waals surface area contributed by atoms with Crippen molar-refractivity contribution < 1.29 is 9.53 Å². The molecule has 0 saturated carbocycles. The van der Waals surface area contributed by atoms with E-state index in [0.29, 0.717) is 23.7 Å². The van der Waals surface area contributed by atoms with Crippen molar-refractivity contribution in [1.29, 1.82) is 0 Å². The molecule has 3 rings (SSSR count). The van der Waals surface area contributed by atoms with E-state index in [-0.39, 0.29) is 17.6 Å². The smallest absolute Gasteiger partial charge is 0.255 e. The lowest BCUT2D eigenvalue weighted by atomic mass is 9.97. The van der Waals surface area contributed by atoms with E-state index in [9.17, 15) is 9.59 Å². The van der Waals surface area contributed by atoms with E-state index in [0.717, 1.165) is 5.56 Å². The monoisotopic (exact) mass is 346 g/mol. The largest absolute Gasteiger partial charge is 0.369 e. The van der Waals surface area contributed by atoms with Crippen LogP contribution in [0.2, 0.25) is 5.02 Å². The molecular weight excluding hydrogens is 328 g/mol. The average Bonchev–Trinajstić information content (AvgIpc) is 2.55. The standard InChI is InChI=1S/C18H19ClN2O3/c1-18(2)11-24-15(12-4-3-5-14(19)8-12)10-21(18)17(23)13-6-7-16(22)20-9-13/h3-9,15H,10-11H2,1-2H3,(H,20,22). The quantitative estimate of drug-likeness (QED) is 0.909. The number of carbonyl (C=O) groups excluding carboxylic acids is 1. The van der Waals surface area contributed by atoms with Gasteiger partial charge in [-0.15, -0.1) is 0 Å². The molecule has 1 unspecified atom stereocenters. The summed E-state index contributed by atoms with van der Waals surface area (Å²) in [6.45, 7) is 4.76. The maximum atomic E-state index is 12.9. The summed E-state index contributed by atoms with van der Waals surface area (Å²) in [5.74, 6) is -0.133. The van der Waals surface area contributed by atoms with Gasteiger partial charge >= 0.3 is 0 Å². The first kappa shape index (κ1) is 16.7. The van der Waals surface area contributed by atoms with Gasteiger partial charge in [0, 0.05) is 17.3 Å². The van der Waals surface area contributed by atoms with Crippen LogP contribution in [0.1, 0.15) is 35.9 Å². The number of morpholine rings is 1. The second-order valence-electron chi connectivity index (χ2n) is 6.52. The Morgan fingerprint density at radius 3 is 2.79 bits per heavy atom. The molecule has 1 amide bonds. The summed E-state index contributed by atoms with van der Waals surface area (Å²) in [4.78, 5) is 28.4. The van der Waals surface area contributed by atoms with Crippen molar-refractivity contribution in [2.75, 3.05) is 13.2 Å². The maximum absolute atomic E-state index is 12.9. The molecule has 1 atom stereocenters. The van der Waals surface area contributed by atoms with E-state index < -0.39 is 5.54 Å². The van der Waals surface area contributed by atoms with E-state index in [2.05, 4.69) is 4.98 Å². The fourth-order valence-electron chi connectivity index (χ4n) is 2.81. The highest BCUT2D eigenvalue weighted by Gasteiger charge is 2.39. The molecule has 0 aliphatic carbocycles. The molecule has 1 N–H and O–H groups in total. The number of pyridine rings is 1. The predicted molar refractivity (Wildman–Crippen MR) is 92.3 cm³/mol. The van der Waals surface area contributed by atoms with Crippen LogP contribution in [0.4, 0.5) is 0 Å². The summed E-state index contributed by atoms with van der Waals surface area (Å²) < 4.78 is 5.96. The van der Waals surface area contributed by atoms with E-state index in [1.165, 1.54) is 12.3 Å². The molecular formula is C18H19ClN2O3. The van der Waals surface area contributed by atoms with Gasteiger partial charge in [-0.2, -0.15) is 0 Å². The summed E-state index contributed by atoms with van der Waals surface area (Å²) in [6, 6.07) is 10.4. The van der Waals surface area contributed by atoms with Crippen LogP contribution in [0, 0.1) is 0 Å². The Bertz CT molecular complexity index is 795. The van der Waals surface area contributed by atoms with E-state index in [1.54, 1.807) is 17.0 Å². The summed E-state index contributed by atoms with van der Waals surface area (Å²) in [5, 5.41) is 0.638. The Balaban J connectivity index is 1.87. The van der Waals surface area contributed by atoms with Crippen molar-refractivity contribution >= 4 is 17.5 Å². The molecule has 1 aromatic carbocycles. The van der Waals surface area contributed by atoms with Crippen LogP contribution in [0.25, 0.3) is 0 Å². The van der Waals surface area contributed by atoms with Gasteiger partial charge in [0.25, 0.3) is 5.91 Å². The number of nitrogens with zero attached hydrogens (tertiary/aromatic N) is 1. The summed E-state index contributed by atoms with van der Waals surface area (Å²) >= 11 is 6.06. The first-order valence-corrected chi connectivity index (χ1v) is 8.12. The fraction of sp³-hybridized carbons (Fsp3) is 0.333. The molecule has 126 valence electrons. The first-order chi connectivity index (χ1) is 11.4. The third kappa shape index (κ3) is 3.37. The number of halogens is 1. The Labute approximate surface area is 145 Å². The van der Waals surface area contributed by atoms with E-state index in [4.69, 9.17) is 16.3 Å². The van der Waals surface area contributed by atoms with Crippen LogP contribution < -0.4 is 5.56 Å². The number of aromatic amines is 1. The molecule has 24 heavy (non-hydrogen) atoms.